The number of ether oxygens (including phenoxy) is 2. The van der Waals surface area contributed by atoms with Crippen molar-refractivity contribution in [1.82, 2.24) is 4.90 Å². The smallest absolute Gasteiger partial charge is 0.305 e. The fourth-order valence-electron chi connectivity index (χ4n) is 4.08. The number of aliphatic hydroxyl groups excluding tert-OH is 1. The van der Waals surface area contributed by atoms with Crippen LogP contribution in [0, 0.1) is 0 Å². The van der Waals surface area contributed by atoms with Crippen LogP contribution < -0.4 is 0 Å². The maximum atomic E-state index is 12.3. The van der Waals surface area contributed by atoms with Gasteiger partial charge in [0.05, 0.1) is 25.4 Å². The second-order valence-corrected chi connectivity index (χ2v) is 8.38. The minimum absolute atomic E-state index is 0.0599. The number of rotatable bonds is 15. The van der Waals surface area contributed by atoms with E-state index in [0.29, 0.717) is 32.5 Å². The summed E-state index contributed by atoms with van der Waals surface area (Å²) in [6, 6.07) is 8.29. The molecule has 0 saturated carbocycles. The molecule has 1 aliphatic heterocycles. The van der Waals surface area contributed by atoms with Crippen molar-refractivity contribution < 1.29 is 24.2 Å². The first-order chi connectivity index (χ1) is 15.5. The van der Waals surface area contributed by atoms with Gasteiger partial charge in [-0.05, 0) is 43.7 Å². The van der Waals surface area contributed by atoms with Gasteiger partial charge in [-0.1, -0.05) is 49.3 Å². The van der Waals surface area contributed by atoms with Crippen LogP contribution in [0.25, 0.3) is 0 Å². The summed E-state index contributed by atoms with van der Waals surface area (Å²) >= 11 is 0. The highest BCUT2D eigenvalue weighted by Gasteiger charge is 2.28. The maximum Gasteiger partial charge on any atom is 0.305 e. The van der Waals surface area contributed by atoms with Gasteiger partial charge >= 0.3 is 5.97 Å². The van der Waals surface area contributed by atoms with Crippen molar-refractivity contribution in [2.45, 2.75) is 76.9 Å². The quantitative estimate of drug-likeness (QED) is 0.252. The van der Waals surface area contributed by atoms with Crippen molar-refractivity contribution >= 4 is 11.9 Å². The fraction of sp³-hybridized carbons (Fsp3) is 0.615. The molecule has 2 rings (SSSR count). The van der Waals surface area contributed by atoms with Crippen molar-refractivity contribution in [3.05, 3.63) is 47.5 Å². The average Bonchev–Trinajstić information content (AvgIpc) is 3.13. The van der Waals surface area contributed by atoms with E-state index in [-0.39, 0.29) is 17.9 Å². The van der Waals surface area contributed by atoms with E-state index in [2.05, 4.69) is 12.1 Å². The molecule has 1 saturated heterocycles. The Morgan fingerprint density at radius 2 is 2.03 bits per heavy atom. The summed E-state index contributed by atoms with van der Waals surface area (Å²) in [5, 5.41) is 10.5. The zero-order chi connectivity index (χ0) is 23.2. The van der Waals surface area contributed by atoms with E-state index in [1.54, 1.807) is 7.11 Å². The molecule has 32 heavy (non-hydrogen) atoms. The normalized spacial score (nSPS) is 17.3. The Bertz CT molecular complexity index is 733. The molecule has 0 aliphatic carbocycles. The van der Waals surface area contributed by atoms with Crippen LogP contribution in [-0.4, -0.2) is 60.9 Å². The molecule has 1 fully saturated rings. The molecule has 1 aromatic rings. The zero-order valence-corrected chi connectivity index (χ0v) is 19.6. The highest BCUT2D eigenvalue weighted by atomic mass is 16.5. The molecule has 0 bridgehead atoms. The van der Waals surface area contributed by atoms with E-state index in [0.717, 1.165) is 50.6 Å². The highest BCUT2D eigenvalue weighted by molar-refractivity contribution is 5.79. The number of carbonyl (C=O) groups excluding carboxylic acids is 2. The number of methoxy groups -OCH3 is 1. The SMILES string of the molecule is CCOC(=O)CCCCCCN1C(=O)CC[C@@H]1C=C[C@@H](O)Cc1cccc(CCOC)c1. The third kappa shape index (κ3) is 9.53. The van der Waals surface area contributed by atoms with Crippen molar-refractivity contribution in [2.75, 3.05) is 26.9 Å². The number of amides is 1. The second-order valence-electron chi connectivity index (χ2n) is 8.38. The van der Waals surface area contributed by atoms with Crippen LogP contribution in [0.5, 0.6) is 0 Å². The third-order valence-corrected chi connectivity index (χ3v) is 5.80. The molecule has 1 amide bonds. The van der Waals surface area contributed by atoms with Crippen LogP contribution in [0.4, 0.5) is 0 Å². The van der Waals surface area contributed by atoms with Gasteiger partial charge in [0.15, 0.2) is 0 Å². The summed E-state index contributed by atoms with van der Waals surface area (Å²) < 4.78 is 10.1. The predicted octanol–water partition coefficient (Wildman–Crippen LogP) is 3.84. The summed E-state index contributed by atoms with van der Waals surface area (Å²) in [6.07, 6.45) is 10.2. The van der Waals surface area contributed by atoms with Gasteiger partial charge < -0.3 is 19.5 Å². The number of nitrogens with zero attached hydrogens (tertiary/aromatic N) is 1. The lowest BCUT2D eigenvalue weighted by atomic mass is 10.0. The number of benzene rings is 1. The fourth-order valence-corrected chi connectivity index (χ4v) is 4.08. The molecule has 0 radical (unpaired) electrons. The van der Waals surface area contributed by atoms with Crippen molar-refractivity contribution in [1.29, 1.82) is 0 Å². The third-order valence-electron chi connectivity index (χ3n) is 5.80. The molecule has 0 aromatic heterocycles. The number of unbranched alkanes of at least 4 members (excludes halogenated alkanes) is 3. The molecule has 1 heterocycles. The minimum Gasteiger partial charge on any atom is -0.466 e. The van der Waals surface area contributed by atoms with E-state index in [1.807, 2.05) is 36.1 Å². The van der Waals surface area contributed by atoms with E-state index < -0.39 is 6.10 Å². The highest BCUT2D eigenvalue weighted by Crippen LogP contribution is 2.21. The molecule has 1 aromatic carbocycles. The molecule has 0 unspecified atom stereocenters. The first kappa shape index (κ1) is 26.1. The van der Waals surface area contributed by atoms with Crippen molar-refractivity contribution in [3.63, 3.8) is 0 Å². The standard InChI is InChI=1S/C26H39NO5/c1-3-32-26(30)11-6-4-5-7-17-27-23(13-15-25(27)29)12-14-24(28)20-22-10-8-9-21(19-22)16-18-31-2/h8-10,12,14,19,23-24,28H,3-7,11,13,15-18,20H2,1-2H3/t23-,24+/m0/s1. The Labute approximate surface area is 192 Å². The molecule has 1 N–H and O–H groups in total. The average molecular weight is 446 g/mol. The molecule has 6 heteroatoms. The largest absolute Gasteiger partial charge is 0.466 e. The van der Waals surface area contributed by atoms with Gasteiger partial charge in [-0.25, -0.2) is 0 Å². The molecular formula is C26H39NO5. The zero-order valence-electron chi connectivity index (χ0n) is 19.6. The Morgan fingerprint density at radius 1 is 1.25 bits per heavy atom. The summed E-state index contributed by atoms with van der Waals surface area (Å²) in [6.45, 7) is 3.66. The number of aliphatic hydroxyl groups is 1. The van der Waals surface area contributed by atoms with Gasteiger partial charge in [0.1, 0.15) is 0 Å². The lowest BCUT2D eigenvalue weighted by molar-refractivity contribution is -0.143. The Balaban J connectivity index is 1.74. The van der Waals surface area contributed by atoms with Crippen LogP contribution in [-0.2, 0) is 31.9 Å². The Kier molecular flexibility index (Phi) is 12.1. The summed E-state index contributed by atoms with van der Waals surface area (Å²) in [5.74, 6) is 0.0548. The van der Waals surface area contributed by atoms with Gasteiger partial charge in [0.25, 0.3) is 0 Å². The molecule has 0 spiro atoms. The van der Waals surface area contributed by atoms with Gasteiger partial charge in [-0.2, -0.15) is 0 Å². The van der Waals surface area contributed by atoms with E-state index in [4.69, 9.17) is 9.47 Å². The minimum atomic E-state index is -0.576. The molecular weight excluding hydrogens is 406 g/mol. The van der Waals surface area contributed by atoms with Gasteiger partial charge in [0, 0.05) is 32.9 Å². The molecule has 2 atom stereocenters. The number of likely N-dealkylation sites (tertiary alicyclic amines) is 1. The summed E-state index contributed by atoms with van der Waals surface area (Å²) in [5.41, 5.74) is 2.30. The molecule has 1 aliphatic rings. The van der Waals surface area contributed by atoms with E-state index in [1.165, 1.54) is 5.56 Å². The van der Waals surface area contributed by atoms with Crippen molar-refractivity contribution in [3.8, 4) is 0 Å². The second kappa shape index (κ2) is 14.8. The Morgan fingerprint density at radius 3 is 2.81 bits per heavy atom. The number of hydrogen-bond donors (Lipinski definition) is 1. The van der Waals surface area contributed by atoms with Gasteiger partial charge in [-0.15, -0.1) is 0 Å². The van der Waals surface area contributed by atoms with E-state index >= 15 is 0 Å². The first-order valence-corrected chi connectivity index (χ1v) is 11.9. The lowest BCUT2D eigenvalue weighted by Gasteiger charge is -2.22. The molecule has 178 valence electrons. The summed E-state index contributed by atoms with van der Waals surface area (Å²) in [7, 11) is 1.70. The van der Waals surface area contributed by atoms with Crippen LogP contribution in [0.3, 0.4) is 0 Å². The van der Waals surface area contributed by atoms with Crippen LogP contribution >= 0.6 is 0 Å². The summed E-state index contributed by atoms with van der Waals surface area (Å²) in [4.78, 5) is 25.6. The number of hydrogen-bond acceptors (Lipinski definition) is 5. The topological polar surface area (TPSA) is 76.1 Å². The van der Waals surface area contributed by atoms with Crippen LogP contribution in [0.2, 0.25) is 0 Å². The van der Waals surface area contributed by atoms with Gasteiger partial charge in [-0.3, -0.25) is 9.59 Å². The van der Waals surface area contributed by atoms with Gasteiger partial charge in [0.2, 0.25) is 5.91 Å². The Hall–Kier alpha value is -2.18. The first-order valence-electron chi connectivity index (χ1n) is 11.9. The monoisotopic (exact) mass is 445 g/mol. The molecule has 6 nitrogen and oxygen atoms in total. The van der Waals surface area contributed by atoms with Crippen molar-refractivity contribution in [2.24, 2.45) is 0 Å². The van der Waals surface area contributed by atoms with Crippen LogP contribution in [0.15, 0.2) is 36.4 Å². The predicted molar refractivity (Wildman–Crippen MR) is 125 cm³/mol. The maximum absolute atomic E-state index is 12.3. The number of esters is 1. The van der Waals surface area contributed by atoms with Crippen LogP contribution in [0.1, 0.15) is 63.0 Å². The van der Waals surface area contributed by atoms with E-state index in [9.17, 15) is 14.7 Å². The lowest BCUT2D eigenvalue weighted by Crippen LogP contribution is -2.32. The number of carbonyl (C=O) groups is 2.